The molecule has 2 aromatic rings. The van der Waals surface area contributed by atoms with E-state index in [1.807, 2.05) is 0 Å². The van der Waals surface area contributed by atoms with Crippen LogP contribution in [0.4, 0.5) is 4.39 Å². The molecule has 0 bridgehead atoms. The fraction of sp³-hybridized carbons (Fsp3) is 0.500. The highest BCUT2D eigenvalue weighted by atomic mass is 32.2. The van der Waals surface area contributed by atoms with Gasteiger partial charge < -0.3 is 9.42 Å². The van der Waals surface area contributed by atoms with Gasteiger partial charge in [0.25, 0.3) is 0 Å². The average Bonchev–Trinajstić information content (AvgIpc) is 3.09. The maximum atomic E-state index is 13.9. The van der Waals surface area contributed by atoms with Gasteiger partial charge in [-0.2, -0.15) is 9.29 Å². The summed E-state index contributed by atoms with van der Waals surface area (Å²) in [5, 5.41) is 3.85. The molecule has 1 atom stereocenters. The van der Waals surface area contributed by atoms with Gasteiger partial charge in [-0.15, -0.1) is 0 Å². The Hall–Kier alpha value is -2.33. The smallest absolute Gasteiger partial charge is 0.237 e. The second kappa shape index (κ2) is 8.36. The molecule has 0 saturated carbocycles. The number of piperidine rings is 1. The number of hydrogen-bond donors (Lipinski definition) is 0. The van der Waals surface area contributed by atoms with Crippen LogP contribution < -0.4 is 0 Å². The molecule has 1 aliphatic heterocycles. The Morgan fingerprint density at radius 3 is 2.86 bits per heavy atom. The van der Waals surface area contributed by atoms with Crippen molar-refractivity contribution in [3.63, 3.8) is 0 Å². The van der Waals surface area contributed by atoms with E-state index in [0.29, 0.717) is 25.4 Å². The minimum Gasteiger partial charge on any atom is -0.341 e. The zero-order valence-corrected chi connectivity index (χ0v) is 16.7. The number of likely N-dealkylation sites (tertiary alicyclic amines) is 1. The highest BCUT2D eigenvalue weighted by Crippen LogP contribution is 2.23. The summed E-state index contributed by atoms with van der Waals surface area (Å²) in [5.74, 6) is 0.0714. The molecule has 28 heavy (non-hydrogen) atoms. The Labute approximate surface area is 163 Å². The molecule has 0 aliphatic carbocycles. The molecular formula is C18H23FN4O4S. The first-order chi connectivity index (χ1) is 13.2. The van der Waals surface area contributed by atoms with Crippen LogP contribution in [0.1, 0.15) is 18.7 Å². The van der Waals surface area contributed by atoms with E-state index in [1.165, 1.54) is 13.1 Å². The number of aromatic nitrogens is 2. The Kier molecular flexibility index (Phi) is 6.09. The maximum Gasteiger partial charge on any atom is 0.237 e. The van der Waals surface area contributed by atoms with Crippen molar-refractivity contribution >= 4 is 15.9 Å². The van der Waals surface area contributed by atoms with Crippen LogP contribution in [-0.2, 0) is 21.2 Å². The number of rotatable bonds is 6. The van der Waals surface area contributed by atoms with E-state index in [-0.39, 0.29) is 29.8 Å². The summed E-state index contributed by atoms with van der Waals surface area (Å²) in [5.41, 5.74) is 0.279. The molecule has 2 heterocycles. The molecule has 0 N–H and O–H groups in total. The van der Waals surface area contributed by atoms with Crippen LogP contribution >= 0.6 is 0 Å². The van der Waals surface area contributed by atoms with Gasteiger partial charge in [-0.05, 0) is 30.9 Å². The van der Waals surface area contributed by atoms with Crippen LogP contribution in [0, 0.1) is 11.7 Å². The number of carbonyl (C=O) groups is 1. The standard InChI is InChI=1S/C18H23FN4O4S/c1-22(28(2,25)26)12-17(24)23-9-5-6-13(11-23)10-16-20-18(21-27-16)14-7-3-4-8-15(14)19/h3-4,7-8,13H,5-6,9-12H2,1-2H3/t13-/m1/s1. The number of benzene rings is 1. The summed E-state index contributed by atoms with van der Waals surface area (Å²) < 4.78 is 43.2. The van der Waals surface area contributed by atoms with Crippen LogP contribution in [0.2, 0.25) is 0 Å². The molecule has 1 amide bonds. The normalized spacial score (nSPS) is 17.9. The van der Waals surface area contributed by atoms with Gasteiger partial charge in [-0.1, -0.05) is 17.3 Å². The summed E-state index contributed by atoms with van der Waals surface area (Å²) in [7, 11) is -2.02. The van der Waals surface area contributed by atoms with Crippen LogP contribution in [0.3, 0.4) is 0 Å². The predicted molar refractivity (Wildman–Crippen MR) is 100 cm³/mol. The van der Waals surface area contributed by atoms with Crippen LogP contribution in [-0.4, -0.2) is 66.6 Å². The predicted octanol–water partition coefficient (Wildman–Crippen LogP) is 1.55. The van der Waals surface area contributed by atoms with Gasteiger partial charge in [0.05, 0.1) is 18.4 Å². The van der Waals surface area contributed by atoms with Crippen molar-refractivity contribution in [1.82, 2.24) is 19.3 Å². The van der Waals surface area contributed by atoms with Gasteiger partial charge in [-0.25, -0.2) is 12.8 Å². The van der Waals surface area contributed by atoms with E-state index in [4.69, 9.17) is 4.52 Å². The van der Waals surface area contributed by atoms with E-state index in [0.717, 1.165) is 23.4 Å². The van der Waals surface area contributed by atoms with Gasteiger partial charge in [0.1, 0.15) is 5.82 Å². The molecule has 0 unspecified atom stereocenters. The van der Waals surface area contributed by atoms with Crippen molar-refractivity contribution in [3.05, 3.63) is 36.0 Å². The highest BCUT2D eigenvalue weighted by Gasteiger charge is 2.27. The molecule has 152 valence electrons. The molecule has 1 aromatic carbocycles. The van der Waals surface area contributed by atoms with E-state index >= 15 is 0 Å². The molecule has 3 rings (SSSR count). The van der Waals surface area contributed by atoms with Gasteiger partial charge in [0, 0.05) is 26.6 Å². The summed E-state index contributed by atoms with van der Waals surface area (Å²) in [6.45, 7) is 0.911. The number of halogens is 1. The van der Waals surface area contributed by atoms with Gasteiger partial charge in [-0.3, -0.25) is 4.79 Å². The molecule has 8 nitrogen and oxygen atoms in total. The van der Waals surface area contributed by atoms with Crippen molar-refractivity contribution < 1.29 is 22.1 Å². The minimum atomic E-state index is -3.40. The van der Waals surface area contributed by atoms with Crippen molar-refractivity contribution in [1.29, 1.82) is 0 Å². The first kappa shape index (κ1) is 20.4. The molecule has 1 saturated heterocycles. The number of carbonyl (C=O) groups excluding carboxylic acids is 1. The number of likely N-dealkylation sites (N-methyl/N-ethyl adjacent to an activating group) is 1. The topological polar surface area (TPSA) is 96.6 Å². The Balaban J connectivity index is 1.61. The molecule has 0 radical (unpaired) electrons. The summed E-state index contributed by atoms with van der Waals surface area (Å²) in [6.07, 6.45) is 3.26. The quantitative estimate of drug-likeness (QED) is 0.717. The van der Waals surface area contributed by atoms with Gasteiger partial charge >= 0.3 is 0 Å². The van der Waals surface area contributed by atoms with Crippen molar-refractivity contribution in [2.45, 2.75) is 19.3 Å². The lowest BCUT2D eigenvalue weighted by atomic mass is 9.94. The third-order valence-corrected chi connectivity index (χ3v) is 6.10. The first-order valence-electron chi connectivity index (χ1n) is 9.00. The number of hydrogen-bond acceptors (Lipinski definition) is 6. The van der Waals surface area contributed by atoms with Crippen LogP contribution in [0.25, 0.3) is 11.4 Å². The maximum absolute atomic E-state index is 13.9. The molecule has 0 spiro atoms. The van der Waals surface area contributed by atoms with Crippen molar-refractivity contribution in [3.8, 4) is 11.4 Å². The van der Waals surface area contributed by atoms with Crippen molar-refractivity contribution in [2.75, 3.05) is 32.9 Å². The number of sulfonamides is 1. The Morgan fingerprint density at radius 1 is 1.39 bits per heavy atom. The molecule has 1 aromatic heterocycles. The van der Waals surface area contributed by atoms with Crippen LogP contribution in [0.15, 0.2) is 28.8 Å². The average molecular weight is 410 g/mol. The molecular weight excluding hydrogens is 387 g/mol. The molecule has 1 fully saturated rings. The summed E-state index contributed by atoms with van der Waals surface area (Å²) >= 11 is 0. The number of amides is 1. The van der Waals surface area contributed by atoms with E-state index in [2.05, 4.69) is 10.1 Å². The number of nitrogens with zero attached hydrogens (tertiary/aromatic N) is 4. The lowest BCUT2D eigenvalue weighted by Gasteiger charge is -2.33. The third-order valence-electron chi connectivity index (χ3n) is 4.84. The van der Waals surface area contributed by atoms with Gasteiger partial charge in [0.15, 0.2) is 0 Å². The lowest BCUT2D eigenvalue weighted by Crippen LogP contribution is -2.45. The SMILES string of the molecule is CN(CC(=O)N1CCC[C@H](Cc2nc(-c3ccccc3F)no2)C1)S(C)(=O)=O. The largest absolute Gasteiger partial charge is 0.341 e. The fourth-order valence-electron chi connectivity index (χ4n) is 3.20. The summed E-state index contributed by atoms with van der Waals surface area (Å²) in [6, 6.07) is 6.22. The fourth-order valence-corrected chi connectivity index (χ4v) is 3.55. The minimum absolute atomic E-state index is 0.121. The monoisotopic (exact) mass is 410 g/mol. The Bertz CT molecular complexity index is 947. The summed E-state index contributed by atoms with van der Waals surface area (Å²) in [4.78, 5) is 18.4. The molecule has 10 heteroatoms. The third kappa shape index (κ3) is 4.93. The first-order valence-corrected chi connectivity index (χ1v) is 10.9. The highest BCUT2D eigenvalue weighted by molar-refractivity contribution is 7.88. The van der Waals surface area contributed by atoms with E-state index in [9.17, 15) is 17.6 Å². The van der Waals surface area contributed by atoms with Gasteiger partial charge in [0.2, 0.25) is 27.6 Å². The zero-order valence-electron chi connectivity index (χ0n) is 15.8. The van der Waals surface area contributed by atoms with Crippen LogP contribution in [0.5, 0.6) is 0 Å². The second-order valence-corrected chi connectivity index (χ2v) is 9.15. The molecule has 1 aliphatic rings. The Morgan fingerprint density at radius 2 is 2.14 bits per heavy atom. The van der Waals surface area contributed by atoms with E-state index in [1.54, 1.807) is 23.1 Å². The lowest BCUT2D eigenvalue weighted by molar-refractivity contribution is -0.133. The second-order valence-electron chi connectivity index (χ2n) is 7.06. The zero-order chi connectivity index (χ0) is 20.3. The van der Waals surface area contributed by atoms with Crippen molar-refractivity contribution in [2.24, 2.45) is 5.92 Å². The van der Waals surface area contributed by atoms with E-state index < -0.39 is 15.8 Å².